The fourth-order valence-electron chi connectivity index (χ4n) is 12.4. The summed E-state index contributed by atoms with van der Waals surface area (Å²) in [7, 11) is -1.59. The standard InChI is InChI=1S/C63H78BN3Si/c1-58(2,3)41-22-20-24-45(34-41)65-53-36-43(60(7,8)9)26-29-50(53)64-51-30-27-44(61(10,11)12)37-54(51)66(46-25-21-23-42(35-46)59(4,5)6)56-39-47(38-55(65)57(56)64)67-52-31-28-48(68(15,16)17)40-49(52)62(13)32-18-19-33-63(62,67)14/h20-31,34-40H,18-19,32-33H2,1-17H3. The second-order valence-corrected chi connectivity index (χ2v) is 31.9. The molecule has 3 heterocycles. The number of hydrogen-bond donors (Lipinski definition) is 0. The van der Waals surface area contributed by atoms with Crippen LogP contribution in [0.2, 0.25) is 19.6 Å². The van der Waals surface area contributed by atoms with Crippen LogP contribution >= 0.6 is 0 Å². The maximum Gasteiger partial charge on any atom is 0.252 e. The van der Waals surface area contributed by atoms with Crippen molar-refractivity contribution in [1.29, 1.82) is 0 Å². The van der Waals surface area contributed by atoms with Crippen molar-refractivity contribution < 1.29 is 0 Å². The first-order chi connectivity index (χ1) is 31.6. The van der Waals surface area contributed by atoms with Gasteiger partial charge in [0.1, 0.15) is 0 Å². The van der Waals surface area contributed by atoms with Crippen LogP contribution in [0.4, 0.5) is 45.5 Å². The van der Waals surface area contributed by atoms with E-state index in [0.29, 0.717) is 0 Å². The van der Waals surface area contributed by atoms with Gasteiger partial charge in [-0.3, -0.25) is 0 Å². The molecule has 4 aliphatic rings. The highest BCUT2D eigenvalue weighted by Gasteiger charge is 2.58. The molecule has 68 heavy (non-hydrogen) atoms. The van der Waals surface area contributed by atoms with Gasteiger partial charge in [-0.15, -0.1) is 0 Å². The van der Waals surface area contributed by atoms with E-state index in [-0.39, 0.29) is 39.3 Å². The van der Waals surface area contributed by atoms with Gasteiger partial charge >= 0.3 is 0 Å². The molecule has 0 amide bonds. The van der Waals surface area contributed by atoms with Gasteiger partial charge in [-0.2, -0.15) is 0 Å². The molecule has 1 aliphatic carbocycles. The minimum Gasteiger partial charge on any atom is -0.334 e. The summed E-state index contributed by atoms with van der Waals surface area (Å²) in [6.45, 7) is 41.0. The zero-order chi connectivity index (χ0) is 48.9. The van der Waals surface area contributed by atoms with Crippen LogP contribution in [0.25, 0.3) is 0 Å². The van der Waals surface area contributed by atoms with Crippen LogP contribution in [-0.4, -0.2) is 20.3 Å². The zero-order valence-corrected chi connectivity index (χ0v) is 45.7. The average molecular weight is 916 g/mol. The second kappa shape index (κ2) is 15.2. The highest BCUT2D eigenvalue weighted by atomic mass is 28.3. The largest absolute Gasteiger partial charge is 0.334 e. The maximum absolute atomic E-state index is 2.84. The summed E-state index contributed by atoms with van der Waals surface area (Å²) in [5.74, 6) is 0. The van der Waals surface area contributed by atoms with Gasteiger partial charge in [0.2, 0.25) is 0 Å². The summed E-state index contributed by atoms with van der Waals surface area (Å²) in [4.78, 5) is 8.19. The summed E-state index contributed by atoms with van der Waals surface area (Å²) in [5, 5.41) is 1.56. The van der Waals surface area contributed by atoms with Crippen molar-refractivity contribution in [2.24, 2.45) is 0 Å². The number of fused-ring (bicyclic) bond motifs is 7. The molecule has 2 unspecified atom stereocenters. The van der Waals surface area contributed by atoms with Crippen molar-refractivity contribution in [3.05, 3.63) is 143 Å². The van der Waals surface area contributed by atoms with E-state index in [9.17, 15) is 0 Å². The summed E-state index contributed by atoms with van der Waals surface area (Å²) < 4.78 is 0. The molecule has 0 N–H and O–H groups in total. The first kappa shape index (κ1) is 46.7. The second-order valence-electron chi connectivity index (χ2n) is 26.8. The molecule has 0 saturated heterocycles. The smallest absolute Gasteiger partial charge is 0.252 e. The third kappa shape index (κ3) is 7.25. The van der Waals surface area contributed by atoms with Gasteiger partial charge in [0.25, 0.3) is 6.71 Å². The van der Waals surface area contributed by atoms with Gasteiger partial charge in [0.05, 0.1) is 13.6 Å². The Morgan fingerprint density at radius 2 is 0.912 bits per heavy atom. The summed E-state index contributed by atoms with van der Waals surface area (Å²) in [6.07, 6.45) is 4.86. The van der Waals surface area contributed by atoms with Gasteiger partial charge < -0.3 is 14.7 Å². The lowest BCUT2D eigenvalue weighted by atomic mass is 9.33. The van der Waals surface area contributed by atoms with Crippen LogP contribution < -0.4 is 36.3 Å². The first-order valence-corrected chi connectivity index (χ1v) is 29.3. The van der Waals surface area contributed by atoms with Crippen molar-refractivity contribution in [1.82, 2.24) is 0 Å². The highest BCUT2D eigenvalue weighted by Crippen LogP contribution is 2.62. The minimum absolute atomic E-state index is 0.00971. The molecule has 0 spiro atoms. The molecule has 3 nitrogen and oxygen atoms in total. The number of rotatable bonds is 4. The third-order valence-corrected chi connectivity index (χ3v) is 19.0. The molecule has 5 heteroatoms. The van der Waals surface area contributed by atoms with Gasteiger partial charge in [-0.25, -0.2) is 0 Å². The molecule has 10 rings (SSSR count). The summed E-state index contributed by atoms with van der Waals surface area (Å²) in [6, 6.07) is 46.7. The molecule has 1 saturated carbocycles. The fraction of sp³-hybridized carbons (Fsp3) is 0.429. The van der Waals surface area contributed by atoms with E-state index in [1.165, 1.54) is 103 Å². The molecule has 3 aliphatic heterocycles. The Balaban J connectivity index is 1.37. The Morgan fingerprint density at radius 3 is 1.37 bits per heavy atom. The lowest BCUT2D eigenvalue weighted by molar-refractivity contribution is 0.195. The predicted molar refractivity (Wildman–Crippen MR) is 301 cm³/mol. The lowest BCUT2D eigenvalue weighted by Gasteiger charge is -2.51. The predicted octanol–water partition coefficient (Wildman–Crippen LogP) is 15.2. The quantitative estimate of drug-likeness (QED) is 0.163. The van der Waals surface area contributed by atoms with Gasteiger partial charge in [-0.05, 0) is 140 Å². The Labute approximate surface area is 412 Å². The van der Waals surface area contributed by atoms with Crippen LogP contribution in [0, 0.1) is 0 Å². The van der Waals surface area contributed by atoms with Crippen molar-refractivity contribution in [3.8, 4) is 0 Å². The monoisotopic (exact) mass is 916 g/mol. The molecule has 0 aromatic heterocycles. The molecule has 6 aromatic carbocycles. The zero-order valence-electron chi connectivity index (χ0n) is 44.7. The van der Waals surface area contributed by atoms with E-state index in [1.807, 2.05) is 0 Å². The van der Waals surface area contributed by atoms with Crippen LogP contribution in [0.15, 0.2) is 115 Å². The van der Waals surface area contributed by atoms with Gasteiger partial charge in [-0.1, -0.05) is 188 Å². The van der Waals surface area contributed by atoms with Crippen molar-refractivity contribution in [3.63, 3.8) is 0 Å². The summed E-state index contributed by atoms with van der Waals surface area (Å²) in [5.41, 5.74) is 21.1. The summed E-state index contributed by atoms with van der Waals surface area (Å²) >= 11 is 0. The molecule has 352 valence electrons. The van der Waals surface area contributed by atoms with Gasteiger partial charge in [0, 0.05) is 50.9 Å². The van der Waals surface area contributed by atoms with Crippen LogP contribution in [0.3, 0.4) is 0 Å². The van der Waals surface area contributed by atoms with E-state index in [2.05, 4.69) is 247 Å². The fourth-order valence-corrected chi connectivity index (χ4v) is 13.6. The van der Waals surface area contributed by atoms with E-state index in [1.54, 1.807) is 10.8 Å². The van der Waals surface area contributed by atoms with Crippen LogP contribution in [-0.2, 0) is 27.1 Å². The van der Waals surface area contributed by atoms with Crippen LogP contribution in [0.5, 0.6) is 0 Å². The SMILES string of the molecule is CC(C)(C)c1cccc(N2c3cc(C(C)(C)C)ccc3B3c4ccc(C(C)(C)C)cc4N(c4cccc(C(C)(C)C)c4)c4cc(N5c6ccc([Si](C)(C)C)cc6C6(C)CCCCC56C)cc2c43)c1. The molecular weight excluding hydrogens is 838 g/mol. The average Bonchev–Trinajstić information content (AvgIpc) is 3.46. The Kier molecular flexibility index (Phi) is 10.5. The number of benzene rings is 6. The van der Waals surface area contributed by atoms with Gasteiger partial charge in [0.15, 0.2) is 0 Å². The van der Waals surface area contributed by atoms with E-state index >= 15 is 0 Å². The van der Waals surface area contributed by atoms with E-state index in [4.69, 9.17) is 0 Å². The minimum atomic E-state index is -1.59. The maximum atomic E-state index is 2.84. The number of hydrogen-bond acceptors (Lipinski definition) is 3. The molecular formula is C63H78BN3Si. The Bertz CT molecular complexity index is 2850. The molecule has 0 radical (unpaired) electrons. The Morgan fingerprint density at radius 1 is 0.456 bits per heavy atom. The highest BCUT2D eigenvalue weighted by molar-refractivity contribution is 7.00. The number of anilines is 8. The number of nitrogens with zero attached hydrogens (tertiary/aromatic N) is 3. The first-order valence-electron chi connectivity index (χ1n) is 25.8. The van der Waals surface area contributed by atoms with E-state index < -0.39 is 8.07 Å². The van der Waals surface area contributed by atoms with Crippen LogP contribution in [0.1, 0.15) is 150 Å². The third-order valence-electron chi connectivity index (χ3n) is 17.0. The molecule has 1 fully saturated rings. The molecule has 0 bridgehead atoms. The van der Waals surface area contributed by atoms with Crippen molar-refractivity contribution in [2.45, 2.75) is 175 Å². The van der Waals surface area contributed by atoms with E-state index in [0.717, 1.165) is 6.42 Å². The normalized spacial score (nSPS) is 20.2. The van der Waals surface area contributed by atoms with Crippen molar-refractivity contribution in [2.75, 3.05) is 14.7 Å². The lowest BCUT2D eigenvalue weighted by Crippen LogP contribution is -2.61. The van der Waals surface area contributed by atoms with Crippen molar-refractivity contribution >= 4 is 81.9 Å². The molecule has 2 atom stereocenters. The molecule has 6 aromatic rings. The Hall–Kier alpha value is -5.00. The topological polar surface area (TPSA) is 9.72 Å².